The molecule has 0 saturated carbocycles. The SMILES string of the molecule is CC1CC2CNCC2N1C(=O)c1ccc(=O)[nH]n1. The van der Waals surface area contributed by atoms with E-state index in [2.05, 4.69) is 22.4 Å². The summed E-state index contributed by atoms with van der Waals surface area (Å²) >= 11 is 0. The van der Waals surface area contributed by atoms with Crippen LogP contribution in [0, 0.1) is 5.92 Å². The molecule has 6 nitrogen and oxygen atoms in total. The zero-order valence-corrected chi connectivity index (χ0v) is 10.2. The minimum atomic E-state index is -0.290. The van der Waals surface area contributed by atoms with Gasteiger partial charge in [-0.1, -0.05) is 0 Å². The van der Waals surface area contributed by atoms with Gasteiger partial charge in [0.25, 0.3) is 11.5 Å². The summed E-state index contributed by atoms with van der Waals surface area (Å²) < 4.78 is 0. The van der Waals surface area contributed by atoms with Crippen LogP contribution >= 0.6 is 0 Å². The third kappa shape index (κ3) is 1.73. The summed E-state index contributed by atoms with van der Waals surface area (Å²) in [4.78, 5) is 25.3. The second kappa shape index (κ2) is 4.20. The van der Waals surface area contributed by atoms with Crippen LogP contribution in [0.25, 0.3) is 0 Å². The molecule has 3 heterocycles. The van der Waals surface area contributed by atoms with E-state index in [0.717, 1.165) is 19.5 Å². The molecule has 3 rings (SSSR count). The van der Waals surface area contributed by atoms with E-state index in [1.807, 2.05) is 4.90 Å². The van der Waals surface area contributed by atoms with Gasteiger partial charge in [-0.05, 0) is 25.3 Å². The quantitative estimate of drug-likeness (QED) is 0.708. The van der Waals surface area contributed by atoms with Crippen LogP contribution in [0.5, 0.6) is 0 Å². The molecular formula is C12H16N4O2. The van der Waals surface area contributed by atoms with Crippen molar-refractivity contribution in [3.8, 4) is 0 Å². The smallest absolute Gasteiger partial charge is 0.274 e. The average Bonchev–Trinajstić information content (AvgIpc) is 2.89. The van der Waals surface area contributed by atoms with E-state index in [9.17, 15) is 9.59 Å². The molecule has 2 fully saturated rings. The highest BCUT2D eigenvalue weighted by atomic mass is 16.2. The van der Waals surface area contributed by atoms with Gasteiger partial charge >= 0.3 is 0 Å². The largest absolute Gasteiger partial charge is 0.330 e. The molecule has 18 heavy (non-hydrogen) atoms. The summed E-state index contributed by atoms with van der Waals surface area (Å²) in [6.45, 7) is 3.91. The number of H-pyrrole nitrogens is 1. The molecule has 1 aromatic rings. The molecule has 96 valence electrons. The molecule has 0 radical (unpaired) electrons. The molecule has 0 spiro atoms. The van der Waals surface area contributed by atoms with Crippen molar-refractivity contribution in [2.24, 2.45) is 5.92 Å². The van der Waals surface area contributed by atoms with E-state index in [0.29, 0.717) is 11.6 Å². The molecule has 1 aromatic heterocycles. The number of carbonyl (C=O) groups is 1. The Bertz CT molecular complexity index is 507. The van der Waals surface area contributed by atoms with Crippen molar-refractivity contribution < 1.29 is 4.79 Å². The number of nitrogens with one attached hydrogen (secondary N) is 2. The fourth-order valence-corrected chi connectivity index (χ4v) is 3.11. The van der Waals surface area contributed by atoms with Crippen molar-refractivity contribution in [3.05, 3.63) is 28.2 Å². The number of fused-ring (bicyclic) bond motifs is 1. The number of nitrogens with zero attached hydrogens (tertiary/aromatic N) is 2. The Labute approximate surface area is 104 Å². The highest BCUT2D eigenvalue weighted by Gasteiger charge is 2.44. The van der Waals surface area contributed by atoms with Gasteiger partial charge < -0.3 is 10.2 Å². The number of likely N-dealkylation sites (tertiary alicyclic amines) is 1. The first-order chi connectivity index (χ1) is 8.66. The highest BCUT2D eigenvalue weighted by molar-refractivity contribution is 5.92. The van der Waals surface area contributed by atoms with E-state index in [1.165, 1.54) is 12.1 Å². The van der Waals surface area contributed by atoms with Gasteiger partial charge in [0.05, 0.1) is 0 Å². The number of aromatic amines is 1. The van der Waals surface area contributed by atoms with Gasteiger partial charge in [-0.15, -0.1) is 0 Å². The predicted molar refractivity (Wildman–Crippen MR) is 65.3 cm³/mol. The Morgan fingerprint density at radius 2 is 2.28 bits per heavy atom. The summed E-state index contributed by atoms with van der Waals surface area (Å²) in [5.74, 6) is 0.460. The van der Waals surface area contributed by atoms with Crippen LogP contribution in [0.3, 0.4) is 0 Å². The summed E-state index contributed by atoms with van der Waals surface area (Å²) in [5.41, 5.74) is 0.0235. The maximum absolute atomic E-state index is 12.4. The molecule has 2 N–H and O–H groups in total. The number of rotatable bonds is 1. The third-order valence-electron chi connectivity index (χ3n) is 3.91. The van der Waals surface area contributed by atoms with Crippen LogP contribution in [0.1, 0.15) is 23.8 Å². The summed E-state index contributed by atoms with van der Waals surface area (Å²) in [6.07, 6.45) is 1.03. The van der Waals surface area contributed by atoms with Gasteiger partial charge in [0.15, 0.2) is 0 Å². The maximum Gasteiger partial charge on any atom is 0.274 e. The molecule has 2 aliphatic rings. The van der Waals surface area contributed by atoms with Gasteiger partial charge in [0.2, 0.25) is 0 Å². The van der Waals surface area contributed by atoms with Gasteiger partial charge in [0.1, 0.15) is 5.69 Å². The van der Waals surface area contributed by atoms with Crippen LogP contribution in [0.2, 0.25) is 0 Å². The molecule has 0 aromatic carbocycles. The van der Waals surface area contributed by atoms with Crippen molar-refractivity contribution in [1.29, 1.82) is 0 Å². The topological polar surface area (TPSA) is 78.1 Å². The number of carbonyl (C=O) groups excluding carboxylic acids is 1. The molecule has 2 aliphatic heterocycles. The molecule has 2 saturated heterocycles. The van der Waals surface area contributed by atoms with Crippen LogP contribution < -0.4 is 10.9 Å². The lowest BCUT2D eigenvalue weighted by Crippen LogP contribution is -2.43. The van der Waals surface area contributed by atoms with Crippen molar-refractivity contribution in [1.82, 2.24) is 20.4 Å². The van der Waals surface area contributed by atoms with Crippen molar-refractivity contribution >= 4 is 5.91 Å². The number of hydrogen-bond acceptors (Lipinski definition) is 4. The Balaban J connectivity index is 1.87. The first-order valence-corrected chi connectivity index (χ1v) is 6.26. The summed E-state index contributed by atoms with van der Waals surface area (Å²) in [5, 5.41) is 9.45. The van der Waals surface area contributed by atoms with E-state index >= 15 is 0 Å². The lowest BCUT2D eigenvalue weighted by atomic mass is 10.0. The van der Waals surface area contributed by atoms with E-state index < -0.39 is 0 Å². The van der Waals surface area contributed by atoms with Gasteiger partial charge in [-0.25, -0.2) is 5.10 Å². The van der Waals surface area contributed by atoms with Gasteiger partial charge in [0, 0.05) is 31.2 Å². The van der Waals surface area contributed by atoms with Gasteiger partial charge in [-0.2, -0.15) is 5.10 Å². The standard InChI is InChI=1S/C12H16N4O2/c1-7-4-8-5-13-6-10(8)16(7)12(18)9-2-3-11(17)15-14-9/h2-3,7-8,10,13H,4-6H2,1H3,(H,15,17). The number of amides is 1. The predicted octanol–water partition coefficient (Wildman–Crippen LogP) is -0.408. The Hall–Kier alpha value is -1.69. The van der Waals surface area contributed by atoms with Crippen LogP contribution in [0.4, 0.5) is 0 Å². The van der Waals surface area contributed by atoms with E-state index in [4.69, 9.17) is 0 Å². The van der Waals surface area contributed by atoms with Crippen LogP contribution in [-0.4, -0.2) is 46.2 Å². The Morgan fingerprint density at radius 3 is 3.00 bits per heavy atom. The Kier molecular flexibility index (Phi) is 2.66. The highest BCUT2D eigenvalue weighted by Crippen LogP contribution is 2.32. The third-order valence-corrected chi connectivity index (χ3v) is 3.91. The molecule has 0 aliphatic carbocycles. The lowest BCUT2D eigenvalue weighted by Gasteiger charge is -2.27. The molecule has 0 bridgehead atoms. The average molecular weight is 248 g/mol. The van der Waals surface area contributed by atoms with E-state index in [1.54, 1.807) is 0 Å². The lowest BCUT2D eigenvalue weighted by molar-refractivity contribution is 0.0674. The first-order valence-electron chi connectivity index (χ1n) is 6.26. The van der Waals surface area contributed by atoms with Crippen molar-refractivity contribution in [2.45, 2.75) is 25.4 Å². The second-order valence-corrected chi connectivity index (χ2v) is 5.09. The van der Waals surface area contributed by atoms with Crippen LogP contribution in [-0.2, 0) is 0 Å². The molecule has 3 atom stereocenters. The Morgan fingerprint density at radius 1 is 1.44 bits per heavy atom. The molecule has 1 amide bonds. The minimum Gasteiger partial charge on any atom is -0.330 e. The zero-order valence-electron chi connectivity index (χ0n) is 10.2. The fourth-order valence-electron chi connectivity index (χ4n) is 3.11. The van der Waals surface area contributed by atoms with Crippen molar-refractivity contribution in [3.63, 3.8) is 0 Å². The first kappa shape index (κ1) is 11.4. The number of aromatic nitrogens is 2. The van der Waals surface area contributed by atoms with E-state index in [-0.39, 0.29) is 23.6 Å². The summed E-state index contributed by atoms with van der Waals surface area (Å²) in [6, 6.07) is 3.33. The molecular weight excluding hydrogens is 232 g/mol. The van der Waals surface area contributed by atoms with Gasteiger partial charge in [-0.3, -0.25) is 9.59 Å². The normalized spacial score (nSPS) is 30.5. The minimum absolute atomic E-state index is 0.0880. The monoisotopic (exact) mass is 248 g/mol. The fraction of sp³-hybridized carbons (Fsp3) is 0.583. The second-order valence-electron chi connectivity index (χ2n) is 5.09. The molecule has 3 unspecified atom stereocenters. The number of hydrogen-bond donors (Lipinski definition) is 2. The summed E-state index contributed by atoms with van der Waals surface area (Å²) in [7, 11) is 0. The van der Waals surface area contributed by atoms with Crippen LogP contribution in [0.15, 0.2) is 16.9 Å². The van der Waals surface area contributed by atoms with Crippen molar-refractivity contribution in [2.75, 3.05) is 13.1 Å². The maximum atomic E-state index is 12.4. The molecule has 6 heteroatoms. The zero-order chi connectivity index (χ0) is 12.7.